The van der Waals surface area contributed by atoms with Crippen LogP contribution in [0.5, 0.6) is 5.88 Å². The van der Waals surface area contributed by atoms with Crippen LogP contribution in [0.15, 0.2) is 41.5 Å². The number of anilines is 3. The molecule has 11 heteroatoms. The summed E-state index contributed by atoms with van der Waals surface area (Å²) in [4.78, 5) is 27.2. The number of carbonyl (C=O) groups is 1. The van der Waals surface area contributed by atoms with E-state index in [-0.39, 0.29) is 11.1 Å². The highest BCUT2D eigenvalue weighted by Crippen LogP contribution is 2.29. The van der Waals surface area contributed by atoms with E-state index in [1.54, 1.807) is 25.0 Å². The van der Waals surface area contributed by atoms with Crippen molar-refractivity contribution in [2.75, 3.05) is 62.5 Å². The first-order chi connectivity index (χ1) is 18.8. The number of ether oxygens (including phenoxy) is 3. The Morgan fingerprint density at radius 1 is 1.21 bits per heavy atom. The molecular weight excluding hydrogens is 500 g/mol. The summed E-state index contributed by atoms with van der Waals surface area (Å²) in [6.07, 6.45) is 4.78. The first-order valence-corrected chi connectivity index (χ1v) is 13.2. The van der Waals surface area contributed by atoms with Crippen LogP contribution in [0, 0.1) is 5.92 Å². The second kappa shape index (κ2) is 12.7. The van der Waals surface area contributed by atoms with E-state index in [4.69, 9.17) is 19.9 Å². The van der Waals surface area contributed by atoms with Gasteiger partial charge in [0.1, 0.15) is 0 Å². The van der Waals surface area contributed by atoms with E-state index in [1.165, 1.54) is 23.9 Å². The van der Waals surface area contributed by atoms with Gasteiger partial charge < -0.3 is 34.7 Å². The third-order valence-electron chi connectivity index (χ3n) is 6.91. The Balaban J connectivity index is 1.32. The maximum Gasteiger partial charge on any atom is 0.339 e. The zero-order chi connectivity index (χ0) is 27.9. The van der Waals surface area contributed by atoms with Crippen LogP contribution in [0.25, 0.3) is 11.1 Å². The van der Waals surface area contributed by atoms with E-state index in [0.717, 1.165) is 62.8 Å². The van der Waals surface area contributed by atoms with Crippen molar-refractivity contribution in [1.82, 2.24) is 14.3 Å². The summed E-state index contributed by atoms with van der Waals surface area (Å²) in [5.74, 6) is 0.345. The normalized spacial score (nSPS) is 14.2. The molecule has 1 aliphatic rings. The van der Waals surface area contributed by atoms with Crippen LogP contribution in [0.1, 0.15) is 30.1 Å². The molecule has 1 atom stereocenters. The van der Waals surface area contributed by atoms with Crippen molar-refractivity contribution in [3.63, 3.8) is 0 Å². The number of carbonyl (C=O) groups excluding carboxylic acids is 1. The third kappa shape index (κ3) is 6.72. The molecule has 2 aromatic heterocycles. The van der Waals surface area contributed by atoms with Crippen molar-refractivity contribution in [2.45, 2.75) is 19.8 Å². The minimum atomic E-state index is -0.518. The summed E-state index contributed by atoms with van der Waals surface area (Å²) in [6.45, 7) is 6.66. The lowest BCUT2D eigenvalue weighted by molar-refractivity contribution is 0.0599. The highest BCUT2D eigenvalue weighted by Gasteiger charge is 2.19. The van der Waals surface area contributed by atoms with Crippen molar-refractivity contribution in [2.24, 2.45) is 20.0 Å². The van der Waals surface area contributed by atoms with Crippen LogP contribution in [0.3, 0.4) is 0 Å². The van der Waals surface area contributed by atoms with Crippen LogP contribution in [-0.4, -0.2) is 66.9 Å². The van der Waals surface area contributed by atoms with Gasteiger partial charge in [-0.1, -0.05) is 6.92 Å². The molecule has 11 nitrogen and oxygen atoms in total. The van der Waals surface area contributed by atoms with Crippen LogP contribution in [0.2, 0.25) is 0 Å². The number of aryl methyl sites for hydroxylation is 2. The topological polar surface area (TPSA) is 126 Å². The lowest BCUT2D eigenvalue weighted by atomic mass is 10.1. The number of nitrogen functional groups attached to an aromatic ring is 1. The number of esters is 1. The number of nitrogens with one attached hydrogen (secondary N) is 1. The van der Waals surface area contributed by atoms with Gasteiger partial charge in [0, 0.05) is 45.6 Å². The largest absolute Gasteiger partial charge is 0.477 e. The molecule has 0 radical (unpaired) electrons. The van der Waals surface area contributed by atoms with Crippen molar-refractivity contribution in [3.8, 4) is 17.0 Å². The van der Waals surface area contributed by atoms with E-state index in [0.29, 0.717) is 29.5 Å². The quantitative estimate of drug-likeness (QED) is 0.215. The summed E-state index contributed by atoms with van der Waals surface area (Å²) in [6, 6.07) is 7.64. The van der Waals surface area contributed by atoms with Crippen molar-refractivity contribution < 1.29 is 19.0 Å². The van der Waals surface area contributed by atoms with Gasteiger partial charge >= 0.3 is 5.97 Å². The van der Waals surface area contributed by atoms with Gasteiger partial charge in [0.05, 0.1) is 61.2 Å². The van der Waals surface area contributed by atoms with E-state index >= 15 is 0 Å². The molecule has 3 N–H and O–H groups in total. The first-order valence-electron chi connectivity index (χ1n) is 13.2. The molecule has 0 amide bonds. The smallest absolute Gasteiger partial charge is 0.339 e. The van der Waals surface area contributed by atoms with Gasteiger partial charge in [-0.3, -0.25) is 4.79 Å². The minimum absolute atomic E-state index is 0.253. The number of nitrogens with two attached hydrogens (primary N) is 1. The molecule has 0 bridgehead atoms. The fourth-order valence-electron chi connectivity index (χ4n) is 4.62. The van der Waals surface area contributed by atoms with Gasteiger partial charge in [-0.05, 0) is 43.0 Å². The van der Waals surface area contributed by atoms with Crippen molar-refractivity contribution in [1.29, 1.82) is 0 Å². The van der Waals surface area contributed by atoms with Crippen LogP contribution in [-0.2, 0) is 23.6 Å². The van der Waals surface area contributed by atoms with Crippen molar-refractivity contribution >= 4 is 23.0 Å². The molecule has 39 heavy (non-hydrogen) atoms. The molecule has 0 saturated carbocycles. The highest BCUT2D eigenvalue weighted by atomic mass is 16.5. The number of nitrogens with zero attached hydrogens (tertiary/aromatic N) is 4. The molecule has 1 aromatic carbocycles. The number of benzene rings is 1. The van der Waals surface area contributed by atoms with Gasteiger partial charge in [-0.2, -0.15) is 5.10 Å². The number of aromatic nitrogens is 3. The number of hydrogen-bond acceptors (Lipinski definition) is 9. The lowest BCUT2D eigenvalue weighted by Gasteiger charge is -2.29. The molecule has 3 aromatic rings. The third-order valence-corrected chi connectivity index (χ3v) is 6.91. The number of methoxy groups -OCH3 is 1. The Kier molecular flexibility index (Phi) is 9.13. The molecule has 210 valence electrons. The summed E-state index contributed by atoms with van der Waals surface area (Å²) >= 11 is 0. The molecule has 1 aliphatic heterocycles. The number of rotatable bonds is 11. The zero-order valence-corrected chi connectivity index (χ0v) is 23.1. The Hall–Kier alpha value is -3.99. The predicted molar refractivity (Wildman–Crippen MR) is 151 cm³/mol. The van der Waals surface area contributed by atoms with E-state index in [9.17, 15) is 9.59 Å². The Labute approximate surface area is 228 Å². The summed E-state index contributed by atoms with van der Waals surface area (Å²) in [7, 11) is 4.66. The summed E-state index contributed by atoms with van der Waals surface area (Å²) in [5.41, 5.74) is 9.94. The standard InChI is InChI=1S/C28H38N6O5/c1-19(16-30-25-15-21(7-8-24(25)29)34-9-12-38-13-10-34)6-5-11-39-27-23(17-31-33(27)3)22-14-20(28(36)37-4)18-32(2)26(22)35/h7-8,14-15,17-19,30H,5-6,9-13,16,29H2,1-4H3/t19-/m1/s1. The van der Waals surface area contributed by atoms with Crippen LogP contribution >= 0.6 is 0 Å². The number of pyridine rings is 1. The summed E-state index contributed by atoms with van der Waals surface area (Å²) in [5, 5.41) is 7.78. The van der Waals surface area contributed by atoms with E-state index in [2.05, 4.69) is 34.4 Å². The van der Waals surface area contributed by atoms with Crippen molar-refractivity contribution in [3.05, 3.63) is 52.6 Å². The second-order valence-electron chi connectivity index (χ2n) is 9.88. The number of morpholine rings is 1. The first kappa shape index (κ1) is 28.0. The van der Waals surface area contributed by atoms with Gasteiger partial charge in [-0.15, -0.1) is 0 Å². The van der Waals surface area contributed by atoms with E-state index < -0.39 is 5.97 Å². The summed E-state index contributed by atoms with van der Waals surface area (Å²) < 4.78 is 19.3. The Bertz CT molecular complexity index is 1340. The molecule has 1 saturated heterocycles. The van der Waals surface area contributed by atoms with Crippen LogP contribution < -0.4 is 26.2 Å². The monoisotopic (exact) mass is 538 g/mol. The Morgan fingerprint density at radius 3 is 2.72 bits per heavy atom. The zero-order valence-electron chi connectivity index (χ0n) is 23.1. The lowest BCUT2D eigenvalue weighted by Crippen LogP contribution is -2.36. The van der Waals surface area contributed by atoms with Gasteiger partial charge in [-0.25, -0.2) is 9.48 Å². The molecular formula is C28H38N6O5. The molecule has 0 spiro atoms. The molecule has 1 fully saturated rings. The van der Waals surface area contributed by atoms with E-state index in [1.807, 2.05) is 6.07 Å². The average molecular weight is 539 g/mol. The SMILES string of the molecule is COC(=O)c1cc(-c2cnn(C)c2OCCC[C@@H](C)CNc2cc(N3CCOCC3)ccc2N)c(=O)n(C)c1. The van der Waals surface area contributed by atoms with Gasteiger partial charge in [0.15, 0.2) is 0 Å². The average Bonchev–Trinajstić information content (AvgIpc) is 3.31. The maximum atomic E-state index is 12.8. The van der Waals surface area contributed by atoms with Crippen LogP contribution in [0.4, 0.5) is 17.1 Å². The molecule has 0 unspecified atom stereocenters. The van der Waals surface area contributed by atoms with Gasteiger partial charge in [0.2, 0.25) is 5.88 Å². The fourth-order valence-corrected chi connectivity index (χ4v) is 4.62. The maximum absolute atomic E-state index is 12.8. The molecule has 3 heterocycles. The second-order valence-corrected chi connectivity index (χ2v) is 9.88. The van der Waals surface area contributed by atoms with Gasteiger partial charge in [0.25, 0.3) is 5.56 Å². The fraction of sp³-hybridized carbons (Fsp3) is 0.464. The Morgan fingerprint density at radius 2 is 1.97 bits per heavy atom. The number of hydrogen-bond donors (Lipinski definition) is 2. The molecule has 4 rings (SSSR count). The highest BCUT2D eigenvalue weighted by molar-refractivity contribution is 5.90. The minimum Gasteiger partial charge on any atom is -0.477 e. The molecule has 0 aliphatic carbocycles. The predicted octanol–water partition coefficient (Wildman–Crippen LogP) is 2.90.